The van der Waals surface area contributed by atoms with Crippen LogP contribution in [-0.4, -0.2) is 17.6 Å². The number of carbonyl (C=O) groups excluding carboxylic acids is 1. The van der Waals surface area contributed by atoms with Crippen molar-refractivity contribution >= 4 is 6.09 Å². The predicted molar refractivity (Wildman–Crippen MR) is 80.4 cm³/mol. The highest BCUT2D eigenvalue weighted by molar-refractivity contribution is 5.73. The average Bonchev–Trinajstić information content (AvgIpc) is 2.88. The van der Waals surface area contributed by atoms with E-state index in [0.29, 0.717) is 6.61 Å². The molecule has 1 saturated heterocycles. The van der Waals surface area contributed by atoms with Gasteiger partial charge in [0.2, 0.25) is 0 Å². The molecule has 3 heteroatoms. The van der Waals surface area contributed by atoms with Crippen molar-refractivity contribution in [1.82, 2.24) is 4.90 Å². The molecule has 2 aromatic carbocycles. The molecular weight excluding hydrogens is 262 g/mol. The maximum Gasteiger partial charge on any atom is 0.422 e. The van der Waals surface area contributed by atoms with Crippen LogP contribution in [-0.2, 0) is 4.74 Å². The first-order valence-corrected chi connectivity index (χ1v) is 6.84. The van der Waals surface area contributed by atoms with E-state index in [1.54, 1.807) is 0 Å². The number of cyclic esters (lactones) is 1. The van der Waals surface area contributed by atoms with Crippen LogP contribution in [0.2, 0.25) is 0 Å². The third-order valence-electron chi connectivity index (χ3n) is 3.51. The Hall–Kier alpha value is -2.73. The number of benzene rings is 2. The molecule has 1 amide bonds. The van der Waals surface area contributed by atoms with Gasteiger partial charge >= 0.3 is 6.09 Å². The zero-order valence-corrected chi connectivity index (χ0v) is 11.7. The third-order valence-corrected chi connectivity index (χ3v) is 3.51. The van der Waals surface area contributed by atoms with Crippen molar-refractivity contribution in [2.24, 2.45) is 0 Å². The molecule has 2 aromatic rings. The third kappa shape index (κ3) is 2.75. The molecule has 0 N–H and O–H groups in total. The number of hydrogen-bond donors (Lipinski definition) is 0. The Morgan fingerprint density at radius 2 is 1.81 bits per heavy atom. The van der Waals surface area contributed by atoms with Crippen molar-refractivity contribution in [2.45, 2.75) is 13.0 Å². The lowest BCUT2D eigenvalue weighted by atomic mass is 10.1. The van der Waals surface area contributed by atoms with Gasteiger partial charge in [0.1, 0.15) is 12.6 Å². The SMILES string of the molecule is Cc1ccccc1C#CN1C(=O)OC[C@H]1c1ccccc1. The minimum Gasteiger partial charge on any atom is -0.446 e. The highest BCUT2D eigenvalue weighted by Crippen LogP contribution is 2.26. The van der Waals surface area contributed by atoms with E-state index in [1.165, 1.54) is 4.90 Å². The number of amides is 1. The largest absolute Gasteiger partial charge is 0.446 e. The minimum absolute atomic E-state index is 0.143. The molecule has 0 bridgehead atoms. The summed E-state index contributed by atoms with van der Waals surface area (Å²) in [5.74, 6) is 3.06. The maximum atomic E-state index is 11.9. The lowest BCUT2D eigenvalue weighted by Gasteiger charge is -2.14. The summed E-state index contributed by atoms with van der Waals surface area (Å²) in [5.41, 5.74) is 3.04. The van der Waals surface area contributed by atoms with Crippen molar-refractivity contribution in [2.75, 3.05) is 6.61 Å². The fraction of sp³-hybridized carbons (Fsp3) is 0.167. The second kappa shape index (κ2) is 5.72. The Morgan fingerprint density at radius 3 is 2.57 bits per heavy atom. The molecule has 0 radical (unpaired) electrons. The molecule has 0 aliphatic carbocycles. The van der Waals surface area contributed by atoms with Gasteiger partial charge in [-0.05, 0) is 30.0 Å². The summed E-state index contributed by atoms with van der Waals surface area (Å²) in [6, 6.07) is 20.5. The van der Waals surface area contributed by atoms with Gasteiger partial charge in [0.15, 0.2) is 0 Å². The summed E-state index contributed by atoms with van der Waals surface area (Å²) in [4.78, 5) is 13.3. The Bertz CT molecular complexity index is 713. The summed E-state index contributed by atoms with van der Waals surface area (Å²) in [7, 11) is 0. The second-order valence-corrected chi connectivity index (χ2v) is 4.93. The van der Waals surface area contributed by atoms with E-state index < -0.39 is 0 Å². The molecule has 1 heterocycles. The van der Waals surface area contributed by atoms with Crippen LogP contribution in [0, 0.1) is 18.9 Å². The molecule has 1 aliphatic heterocycles. The van der Waals surface area contributed by atoms with Gasteiger partial charge in [0.05, 0.1) is 0 Å². The molecule has 21 heavy (non-hydrogen) atoms. The highest BCUT2D eigenvalue weighted by Gasteiger charge is 2.33. The molecule has 3 rings (SSSR count). The fourth-order valence-electron chi connectivity index (χ4n) is 2.30. The Labute approximate surface area is 124 Å². The van der Waals surface area contributed by atoms with Crippen LogP contribution in [0.3, 0.4) is 0 Å². The number of aryl methyl sites for hydroxylation is 1. The molecular formula is C18H15NO2. The second-order valence-electron chi connectivity index (χ2n) is 4.93. The first-order chi connectivity index (χ1) is 10.3. The van der Waals surface area contributed by atoms with E-state index in [1.807, 2.05) is 61.5 Å². The van der Waals surface area contributed by atoms with Crippen molar-refractivity contribution in [3.63, 3.8) is 0 Å². The first-order valence-electron chi connectivity index (χ1n) is 6.84. The molecule has 104 valence electrons. The number of nitrogens with zero attached hydrogens (tertiary/aromatic N) is 1. The molecule has 0 spiro atoms. The van der Waals surface area contributed by atoms with Crippen LogP contribution in [0.4, 0.5) is 4.79 Å². The van der Waals surface area contributed by atoms with Gasteiger partial charge in [0, 0.05) is 11.6 Å². The average molecular weight is 277 g/mol. The summed E-state index contributed by atoms with van der Waals surface area (Å²) in [5, 5.41) is 0. The molecule has 0 aromatic heterocycles. The van der Waals surface area contributed by atoms with Crippen molar-refractivity contribution in [3.8, 4) is 12.0 Å². The Morgan fingerprint density at radius 1 is 1.10 bits per heavy atom. The lowest BCUT2D eigenvalue weighted by molar-refractivity contribution is 0.167. The number of carbonyl (C=O) groups is 1. The summed E-state index contributed by atoms with van der Waals surface area (Å²) >= 11 is 0. The summed E-state index contributed by atoms with van der Waals surface area (Å²) in [6.45, 7) is 2.34. The van der Waals surface area contributed by atoms with Crippen molar-refractivity contribution in [1.29, 1.82) is 0 Å². The quantitative estimate of drug-likeness (QED) is 0.747. The van der Waals surface area contributed by atoms with Gasteiger partial charge in [-0.15, -0.1) is 0 Å². The van der Waals surface area contributed by atoms with Gasteiger partial charge in [-0.2, -0.15) is 0 Å². The van der Waals surface area contributed by atoms with Crippen LogP contribution in [0.15, 0.2) is 54.6 Å². The van der Waals surface area contributed by atoms with Gasteiger partial charge in [-0.1, -0.05) is 48.5 Å². The van der Waals surface area contributed by atoms with E-state index in [0.717, 1.165) is 16.7 Å². The summed E-state index contributed by atoms with van der Waals surface area (Å²) in [6.07, 6.45) is -0.384. The maximum absolute atomic E-state index is 11.9. The van der Waals surface area contributed by atoms with E-state index in [2.05, 4.69) is 12.0 Å². The lowest BCUT2D eigenvalue weighted by Crippen LogP contribution is -2.22. The normalized spacial score (nSPS) is 17.1. The topological polar surface area (TPSA) is 29.5 Å². The van der Waals surface area contributed by atoms with Crippen LogP contribution in [0.25, 0.3) is 0 Å². The van der Waals surface area contributed by atoms with Crippen molar-refractivity contribution < 1.29 is 9.53 Å². The van der Waals surface area contributed by atoms with Crippen LogP contribution in [0.5, 0.6) is 0 Å². The Kier molecular flexibility index (Phi) is 3.61. The molecule has 1 fully saturated rings. The number of hydrogen-bond acceptors (Lipinski definition) is 2. The number of rotatable bonds is 1. The standard InChI is InChI=1S/C18H15NO2/c1-14-7-5-6-8-15(14)11-12-19-17(13-21-18(19)20)16-9-3-2-4-10-16/h2-10,17H,13H2,1H3/t17-/m0/s1. The minimum atomic E-state index is -0.384. The zero-order valence-electron chi connectivity index (χ0n) is 11.7. The molecule has 1 aliphatic rings. The van der Waals surface area contributed by atoms with Gasteiger partial charge in [-0.3, -0.25) is 0 Å². The molecule has 0 unspecified atom stereocenters. The van der Waals surface area contributed by atoms with E-state index >= 15 is 0 Å². The smallest absolute Gasteiger partial charge is 0.422 e. The van der Waals surface area contributed by atoms with Crippen LogP contribution >= 0.6 is 0 Å². The van der Waals surface area contributed by atoms with E-state index in [4.69, 9.17) is 4.74 Å². The van der Waals surface area contributed by atoms with Crippen molar-refractivity contribution in [3.05, 3.63) is 71.3 Å². The van der Waals surface area contributed by atoms with E-state index in [-0.39, 0.29) is 12.1 Å². The van der Waals surface area contributed by atoms with Crippen LogP contribution in [0.1, 0.15) is 22.7 Å². The van der Waals surface area contributed by atoms with Gasteiger partial charge < -0.3 is 4.74 Å². The summed E-state index contributed by atoms with van der Waals surface area (Å²) < 4.78 is 5.14. The predicted octanol–water partition coefficient (Wildman–Crippen LogP) is 3.50. The monoisotopic (exact) mass is 277 g/mol. The number of ether oxygens (including phenoxy) is 1. The fourth-order valence-corrected chi connectivity index (χ4v) is 2.30. The Balaban J connectivity index is 1.90. The zero-order chi connectivity index (χ0) is 14.7. The van der Waals surface area contributed by atoms with Crippen LogP contribution < -0.4 is 0 Å². The first kappa shape index (κ1) is 13.3. The molecule has 1 atom stereocenters. The van der Waals surface area contributed by atoms with Gasteiger partial charge in [0.25, 0.3) is 0 Å². The highest BCUT2D eigenvalue weighted by atomic mass is 16.6. The molecule has 0 saturated carbocycles. The molecule has 3 nitrogen and oxygen atoms in total. The van der Waals surface area contributed by atoms with Gasteiger partial charge in [-0.25, -0.2) is 9.69 Å². The van der Waals surface area contributed by atoms with E-state index in [9.17, 15) is 4.79 Å².